The van der Waals surface area contributed by atoms with Crippen LogP contribution in [0.25, 0.3) is 5.57 Å². The maximum Gasteiger partial charge on any atom is 0.0410 e. The van der Waals surface area contributed by atoms with Gasteiger partial charge >= 0.3 is 0 Å². The highest BCUT2D eigenvalue weighted by Crippen LogP contribution is 2.13. The summed E-state index contributed by atoms with van der Waals surface area (Å²) in [7, 11) is 0. The van der Waals surface area contributed by atoms with E-state index in [4.69, 9.17) is 0 Å². The highest BCUT2D eigenvalue weighted by molar-refractivity contribution is 5.61. The zero-order valence-electron chi connectivity index (χ0n) is 8.02. The van der Waals surface area contributed by atoms with E-state index in [0.29, 0.717) is 0 Å². The van der Waals surface area contributed by atoms with Gasteiger partial charge in [-0.2, -0.15) is 0 Å². The first-order valence-corrected chi connectivity index (χ1v) is 4.27. The van der Waals surface area contributed by atoms with Gasteiger partial charge in [0.25, 0.3) is 0 Å². The summed E-state index contributed by atoms with van der Waals surface area (Å²) < 4.78 is 0. The third-order valence-corrected chi connectivity index (χ3v) is 1.86. The van der Waals surface area contributed by atoms with Gasteiger partial charge in [-0.3, -0.25) is 4.98 Å². The Morgan fingerprint density at radius 3 is 2.67 bits per heavy atom. The van der Waals surface area contributed by atoms with Crippen LogP contribution in [-0.4, -0.2) is 4.98 Å². The van der Waals surface area contributed by atoms with Gasteiger partial charge < -0.3 is 0 Å². The SMILES string of the molecule is C=C(C)c1cc(C)nc(CC)c1. The van der Waals surface area contributed by atoms with Gasteiger partial charge in [-0.05, 0) is 38.0 Å². The molecular weight excluding hydrogens is 146 g/mol. The van der Waals surface area contributed by atoms with Gasteiger partial charge in [0.2, 0.25) is 0 Å². The lowest BCUT2D eigenvalue weighted by Crippen LogP contribution is -1.92. The first-order chi connectivity index (χ1) is 5.63. The van der Waals surface area contributed by atoms with Crippen LogP contribution in [0.15, 0.2) is 18.7 Å². The molecule has 1 heteroatoms. The molecule has 64 valence electrons. The normalized spacial score (nSPS) is 9.92. The van der Waals surface area contributed by atoms with Crippen molar-refractivity contribution >= 4 is 5.57 Å². The zero-order chi connectivity index (χ0) is 9.14. The first-order valence-electron chi connectivity index (χ1n) is 4.27. The summed E-state index contributed by atoms with van der Waals surface area (Å²) in [6.07, 6.45) is 0.988. The van der Waals surface area contributed by atoms with Gasteiger partial charge in [0.1, 0.15) is 0 Å². The molecule has 0 atom stereocenters. The molecule has 0 N–H and O–H groups in total. The van der Waals surface area contributed by atoms with E-state index in [2.05, 4.69) is 30.6 Å². The summed E-state index contributed by atoms with van der Waals surface area (Å²) in [5.74, 6) is 0. The average molecular weight is 161 g/mol. The lowest BCUT2D eigenvalue weighted by Gasteiger charge is -2.04. The predicted molar refractivity (Wildman–Crippen MR) is 53.1 cm³/mol. The van der Waals surface area contributed by atoms with Crippen molar-refractivity contribution in [1.29, 1.82) is 0 Å². The summed E-state index contributed by atoms with van der Waals surface area (Å²) in [6, 6.07) is 4.18. The number of hydrogen-bond acceptors (Lipinski definition) is 1. The Morgan fingerprint density at radius 1 is 1.50 bits per heavy atom. The first kappa shape index (κ1) is 8.98. The fourth-order valence-corrected chi connectivity index (χ4v) is 1.16. The summed E-state index contributed by atoms with van der Waals surface area (Å²) >= 11 is 0. The van der Waals surface area contributed by atoms with Crippen LogP contribution in [0.5, 0.6) is 0 Å². The van der Waals surface area contributed by atoms with E-state index in [1.54, 1.807) is 0 Å². The third kappa shape index (κ3) is 1.94. The summed E-state index contributed by atoms with van der Waals surface area (Å²) in [5, 5.41) is 0. The molecule has 0 saturated carbocycles. The van der Waals surface area contributed by atoms with Crippen molar-refractivity contribution in [2.24, 2.45) is 0 Å². The van der Waals surface area contributed by atoms with Crippen LogP contribution < -0.4 is 0 Å². The van der Waals surface area contributed by atoms with Crippen molar-refractivity contribution in [2.75, 3.05) is 0 Å². The molecule has 0 aliphatic carbocycles. The molecule has 0 amide bonds. The molecule has 0 aliphatic heterocycles. The molecule has 1 aromatic rings. The van der Waals surface area contributed by atoms with E-state index < -0.39 is 0 Å². The monoisotopic (exact) mass is 161 g/mol. The van der Waals surface area contributed by atoms with E-state index >= 15 is 0 Å². The van der Waals surface area contributed by atoms with Gasteiger partial charge in [-0.25, -0.2) is 0 Å². The Labute approximate surface area is 74.2 Å². The van der Waals surface area contributed by atoms with Gasteiger partial charge in [-0.15, -0.1) is 0 Å². The fourth-order valence-electron chi connectivity index (χ4n) is 1.16. The van der Waals surface area contributed by atoms with E-state index in [1.807, 2.05) is 13.8 Å². The Bertz CT molecular complexity index is 300. The smallest absolute Gasteiger partial charge is 0.0410 e. The number of aryl methyl sites for hydroxylation is 2. The van der Waals surface area contributed by atoms with Crippen molar-refractivity contribution in [3.63, 3.8) is 0 Å². The van der Waals surface area contributed by atoms with Gasteiger partial charge in [0.15, 0.2) is 0 Å². The number of nitrogens with zero attached hydrogens (tertiary/aromatic N) is 1. The van der Waals surface area contributed by atoms with Crippen LogP contribution in [0.4, 0.5) is 0 Å². The maximum absolute atomic E-state index is 4.39. The molecule has 0 fully saturated rings. The topological polar surface area (TPSA) is 12.9 Å². The predicted octanol–water partition coefficient (Wildman–Crippen LogP) is 2.99. The number of hydrogen-bond donors (Lipinski definition) is 0. The molecule has 1 heterocycles. The van der Waals surface area contributed by atoms with Gasteiger partial charge in [-0.1, -0.05) is 19.1 Å². The van der Waals surface area contributed by atoms with Gasteiger partial charge in [0.05, 0.1) is 0 Å². The summed E-state index contributed by atoms with van der Waals surface area (Å²) in [6.45, 7) is 10.1. The molecular formula is C11H15N. The molecule has 0 bridgehead atoms. The Morgan fingerprint density at radius 2 is 2.17 bits per heavy atom. The van der Waals surface area contributed by atoms with Crippen molar-refractivity contribution in [3.05, 3.63) is 35.7 Å². The van der Waals surface area contributed by atoms with Gasteiger partial charge in [0, 0.05) is 11.4 Å². The standard InChI is InChI=1S/C11H15N/c1-5-11-7-10(8(2)3)6-9(4)12-11/h6-7H,2,5H2,1,3-4H3. The van der Waals surface area contributed by atoms with Crippen molar-refractivity contribution in [1.82, 2.24) is 4.98 Å². The molecule has 0 unspecified atom stereocenters. The number of pyridine rings is 1. The number of rotatable bonds is 2. The van der Waals surface area contributed by atoms with E-state index in [-0.39, 0.29) is 0 Å². The highest BCUT2D eigenvalue weighted by Gasteiger charge is 1.98. The quantitative estimate of drug-likeness (QED) is 0.649. The lowest BCUT2D eigenvalue weighted by atomic mass is 10.1. The zero-order valence-corrected chi connectivity index (χ0v) is 8.02. The second-order valence-electron chi connectivity index (χ2n) is 3.12. The minimum atomic E-state index is 0.988. The van der Waals surface area contributed by atoms with Crippen LogP contribution in [0, 0.1) is 6.92 Å². The van der Waals surface area contributed by atoms with Crippen LogP contribution in [-0.2, 0) is 6.42 Å². The molecule has 0 saturated heterocycles. The summed E-state index contributed by atoms with van der Waals surface area (Å²) in [5.41, 5.74) is 4.54. The lowest BCUT2D eigenvalue weighted by molar-refractivity contribution is 1.00. The third-order valence-electron chi connectivity index (χ3n) is 1.86. The Kier molecular flexibility index (Phi) is 2.64. The minimum Gasteiger partial charge on any atom is -0.258 e. The number of allylic oxidation sites excluding steroid dienone is 1. The fraction of sp³-hybridized carbons (Fsp3) is 0.364. The molecule has 1 aromatic heterocycles. The Balaban J connectivity index is 3.15. The molecule has 0 radical (unpaired) electrons. The van der Waals surface area contributed by atoms with E-state index in [0.717, 1.165) is 23.4 Å². The molecule has 1 rings (SSSR count). The highest BCUT2D eigenvalue weighted by atomic mass is 14.7. The maximum atomic E-state index is 4.39. The average Bonchev–Trinajstić information content (AvgIpc) is 2.03. The largest absolute Gasteiger partial charge is 0.258 e. The number of aromatic nitrogens is 1. The van der Waals surface area contributed by atoms with Crippen LogP contribution in [0.2, 0.25) is 0 Å². The second kappa shape index (κ2) is 3.53. The van der Waals surface area contributed by atoms with Crippen molar-refractivity contribution in [2.45, 2.75) is 27.2 Å². The van der Waals surface area contributed by atoms with E-state index in [1.165, 1.54) is 5.56 Å². The molecule has 12 heavy (non-hydrogen) atoms. The van der Waals surface area contributed by atoms with Crippen LogP contribution in [0.1, 0.15) is 30.8 Å². The second-order valence-corrected chi connectivity index (χ2v) is 3.12. The van der Waals surface area contributed by atoms with E-state index in [9.17, 15) is 0 Å². The van der Waals surface area contributed by atoms with Crippen molar-refractivity contribution < 1.29 is 0 Å². The van der Waals surface area contributed by atoms with Crippen LogP contribution >= 0.6 is 0 Å². The van der Waals surface area contributed by atoms with Crippen molar-refractivity contribution in [3.8, 4) is 0 Å². The molecule has 1 nitrogen and oxygen atoms in total. The minimum absolute atomic E-state index is 0.988. The molecule has 0 aliphatic rings. The Hall–Kier alpha value is -1.11. The molecule has 0 aromatic carbocycles. The van der Waals surface area contributed by atoms with Crippen LogP contribution in [0.3, 0.4) is 0 Å². The summed E-state index contributed by atoms with van der Waals surface area (Å²) in [4.78, 5) is 4.39. The molecule has 0 spiro atoms.